The van der Waals surface area contributed by atoms with E-state index in [1.165, 1.54) is 0 Å². The van der Waals surface area contributed by atoms with E-state index < -0.39 is 0 Å². The highest BCUT2D eigenvalue weighted by Crippen LogP contribution is 2.23. The van der Waals surface area contributed by atoms with Crippen molar-refractivity contribution in [2.45, 2.75) is 33.7 Å². The predicted molar refractivity (Wildman–Crippen MR) is 87.6 cm³/mol. The number of carbonyl (C=O) groups is 1. The van der Waals surface area contributed by atoms with Gasteiger partial charge in [-0.2, -0.15) is 5.10 Å². The molecule has 0 saturated carbocycles. The summed E-state index contributed by atoms with van der Waals surface area (Å²) in [6.07, 6.45) is 4.16. The minimum absolute atomic E-state index is 0.0389. The summed E-state index contributed by atoms with van der Waals surface area (Å²) in [5, 5.41) is 14.1. The van der Waals surface area contributed by atoms with Crippen molar-refractivity contribution in [3.63, 3.8) is 0 Å². The fraction of sp³-hybridized carbons (Fsp3) is 0.625. The fourth-order valence-corrected chi connectivity index (χ4v) is 2.97. The van der Waals surface area contributed by atoms with E-state index >= 15 is 0 Å². The third-order valence-electron chi connectivity index (χ3n) is 3.90. The molecular weight excluding hydrogens is 302 g/mol. The maximum absolute atomic E-state index is 12.2. The van der Waals surface area contributed by atoms with Gasteiger partial charge in [0.05, 0.1) is 5.69 Å². The molecule has 0 aromatic carbocycles. The summed E-state index contributed by atoms with van der Waals surface area (Å²) in [4.78, 5) is 13.9. The van der Waals surface area contributed by atoms with Crippen LogP contribution in [0.25, 0.3) is 6.08 Å². The van der Waals surface area contributed by atoms with Crippen molar-refractivity contribution < 1.29 is 9.90 Å². The molecule has 0 spiro atoms. The Morgan fingerprint density at radius 3 is 2.86 bits per heavy atom. The molecule has 122 valence electrons. The molecule has 1 aliphatic rings. The number of amides is 1. The van der Waals surface area contributed by atoms with Crippen molar-refractivity contribution in [3.8, 4) is 0 Å². The van der Waals surface area contributed by atoms with Crippen LogP contribution in [0.2, 0.25) is 5.15 Å². The van der Waals surface area contributed by atoms with Gasteiger partial charge in [-0.25, -0.2) is 0 Å². The van der Waals surface area contributed by atoms with Crippen LogP contribution >= 0.6 is 11.6 Å². The number of aliphatic hydroxyl groups is 1. The lowest BCUT2D eigenvalue weighted by Crippen LogP contribution is -2.27. The van der Waals surface area contributed by atoms with Crippen LogP contribution < -0.4 is 0 Å². The average Bonchev–Trinajstić information content (AvgIpc) is 3.03. The average molecular weight is 326 g/mol. The molecule has 1 saturated heterocycles. The smallest absolute Gasteiger partial charge is 0.246 e. The first-order chi connectivity index (χ1) is 10.4. The minimum atomic E-state index is -0.0389. The Hall–Kier alpha value is -1.33. The van der Waals surface area contributed by atoms with Crippen LogP contribution in [-0.4, -0.2) is 45.4 Å². The molecule has 1 aromatic heterocycles. The summed E-state index contributed by atoms with van der Waals surface area (Å²) in [5.74, 6) is 0.620. The molecule has 5 nitrogen and oxygen atoms in total. The van der Waals surface area contributed by atoms with E-state index in [1.807, 2.05) is 6.92 Å². The first-order valence-corrected chi connectivity index (χ1v) is 8.11. The largest absolute Gasteiger partial charge is 0.396 e. The van der Waals surface area contributed by atoms with Crippen LogP contribution in [0, 0.1) is 18.8 Å². The van der Waals surface area contributed by atoms with Gasteiger partial charge in [0.25, 0.3) is 0 Å². The van der Waals surface area contributed by atoms with Gasteiger partial charge in [-0.05, 0) is 25.3 Å². The number of likely N-dealkylation sites (tertiary alicyclic amines) is 1. The highest BCUT2D eigenvalue weighted by molar-refractivity contribution is 6.31. The van der Waals surface area contributed by atoms with E-state index in [0.29, 0.717) is 24.2 Å². The number of aliphatic hydroxyl groups excluding tert-OH is 1. The second-order valence-electron chi connectivity index (χ2n) is 6.32. The van der Waals surface area contributed by atoms with Gasteiger partial charge in [-0.15, -0.1) is 0 Å². The zero-order valence-corrected chi connectivity index (χ0v) is 14.2. The number of aryl methyl sites for hydroxylation is 1. The van der Waals surface area contributed by atoms with E-state index in [4.69, 9.17) is 16.7 Å². The van der Waals surface area contributed by atoms with Crippen molar-refractivity contribution in [1.29, 1.82) is 0 Å². The van der Waals surface area contributed by atoms with Crippen molar-refractivity contribution in [1.82, 2.24) is 14.7 Å². The molecular formula is C16H24ClN3O2. The van der Waals surface area contributed by atoms with Crippen LogP contribution in [-0.2, 0) is 11.3 Å². The lowest BCUT2D eigenvalue weighted by Gasteiger charge is -2.13. The summed E-state index contributed by atoms with van der Waals surface area (Å²) in [6.45, 7) is 8.33. The van der Waals surface area contributed by atoms with Crippen LogP contribution in [0.3, 0.4) is 0 Å². The third kappa shape index (κ3) is 3.90. The van der Waals surface area contributed by atoms with Crippen LogP contribution in [0.5, 0.6) is 0 Å². The van der Waals surface area contributed by atoms with Crippen LogP contribution in [0.1, 0.15) is 31.5 Å². The number of rotatable bonds is 5. The first-order valence-electron chi connectivity index (χ1n) is 7.73. The molecule has 1 unspecified atom stereocenters. The highest BCUT2D eigenvalue weighted by atomic mass is 35.5. The van der Waals surface area contributed by atoms with Gasteiger partial charge in [0.1, 0.15) is 5.15 Å². The van der Waals surface area contributed by atoms with Crippen molar-refractivity contribution in [2.24, 2.45) is 11.8 Å². The monoisotopic (exact) mass is 325 g/mol. The number of aromatic nitrogens is 2. The molecule has 1 fully saturated rings. The van der Waals surface area contributed by atoms with Crippen molar-refractivity contribution >= 4 is 23.6 Å². The quantitative estimate of drug-likeness (QED) is 0.845. The predicted octanol–water partition coefficient (Wildman–Crippen LogP) is 2.35. The number of carbonyl (C=O) groups excluding carboxylic acids is 1. The Labute approximate surface area is 136 Å². The molecule has 1 amide bonds. The van der Waals surface area contributed by atoms with Gasteiger partial charge in [-0.1, -0.05) is 25.4 Å². The summed E-state index contributed by atoms with van der Waals surface area (Å²) < 4.78 is 1.78. The highest BCUT2D eigenvalue weighted by Gasteiger charge is 2.24. The minimum Gasteiger partial charge on any atom is -0.396 e. The van der Waals surface area contributed by atoms with Crippen molar-refractivity contribution in [3.05, 3.63) is 22.5 Å². The van der Waals surface area contributed by atoms with E-state index in [1.54, 1.807) is 21.7 Å². The normalized spacial score (nSPS) is 18.8. The lowest BCUT2D eigenvalue weighted by molar-refractivity contribution is -0.125. The molecule has 2 rings (SSSR count). The van der Waals surface area contributed by atoms with Crippen LogP contribution in [0.4, 0.5) is 0 Å². The zero-order valence-electron chi connectivity index (χ0n) is 13.4. The molecule has 1 aliphatic heterocycles. The topological polar surface area (TPSA) is 58.4 Å². The second kappa shape index (κ2) is 7.29. The summed E-state index contributed by atoms with van der Waals surface area (Å²) in [7, 11) is 0. The zero-order chi connectivity index (χ0) is 16.3. The lowest BCUT2D eigenvalue weighted by atomic mass is 10.1. The Bertz CT molecular complexity index is 566. The molecule has 22 heavy (non-hydrogen) atoms. The molecule has 1 aromatic rings. The van der Waals surface area contributed by atoms with Crippen molar-refractivity contribution in [2.75, 3.05) is 19.7 Å². The molecule has 1 atom stereocenters. The molecule has 2 heterocycles. The molecule has 0 aliphatic carbocycles. The molecule has 6 heteroatoms. The third-order valence-corrected chi connectivity index (χ3v) is 4.29. The molecule has 1 N–H and O–H groups in total. The fourth-order valence-electron chi connectivity index (χ4n) is 2.67. The summed E-state index contributed by atoms with van der Waals surface area (Å²) in [6, 6.07) is 0. The standard InChI is InChI=1S/C16H24ClN3O2/c1-11(2)8-20-16(17)14(12(3)18-20)4-5-15(22)19-7-6-13(9-19)10-21/h4-5,11,13,21H,6-10H2,1-3H3/b5-4+. The van der Waals surface area contributed by atoms with Gasteiger partial charge in [-0.3, -0.25) is 9.48 Å². The number of hydrogen-bond donors (Lipinski definition) is 1. The van der Waals surface area contributed by atoms with Gasteiger partial charge >= 0.3 is 0 Å². The summed E-state index contributed by atoms with van der Waals surface area (Å²) in [5.41, 5.74) is 1.62. The number of hydrogen-bond acceptors (Lipinski definition) is 3. The first kappa shape index (κ1) is 17.0. The van der Waals surface area contributed by atoms with Gasteiger partial charge in [0.2, 0.25) is 5.91 Å². The second-order valence-corrected chi connectivity index (χ2v) is 6.68. The van der Waals surface area contributed by atoms with Gasteiger partial charge in [0, 0.05) is 43.8 Å². The van der Waals surface area contributed by atoms with Crippen LogP contribution in [0.15, 0.2) is 6.08 Å². The Morgan fingerprint density at radius 2 is 2.27 bits per heavy atom. The van der Waals surface area contributed by atoms with E-state index in [9.17, 15) is 4.79 Å². The maximum Gasteiger partial charge on any atom is 0.246 e. The number of nitrogens with zero attached hydrogens (tertiary/aromatic N) is 3. The Balaban J connectivity index is 2.07. The Kier molecular flexibility index (Phi) is 5.64. The maximum atomic E-state index is 12.2. The Morgan fingerprint density at radius 1 is 1.55 bits per heavy atom. The van der Waals surface area contributed by atoms with Gasteiger partial charge < -0.3 is 10.0 Å². The van der Waals surface area contributed by atoms with E-state index in [2.05, 4.69) is 18.9 Å². The molecule has 0 bridgehead atoms. The van der Waals surface area contributed by atoms with E-state index in [0.717, 1.165) is 24.2 Å². The van der Waals surface area contributed by atoms with Gasteiger partial charge in [0.15, 0.2) is 0 Å². The summed E-state index contributed by atoms with van der Waals surface area (Å²) >= 11 is 6.35. The van der Waals surface area contributed by atoms with E-state index in [-0.39, 0.29) is 18.4 Å². The SMILES string of the molecule is Cc1nn(CC(C)C)c(Cl)c1/C=C/C(=O)N1CCC(CO)C1. The molecule has 0 radical (unpaired) electrons. The number of halogens is 1.